The third-order valence-corrected chi connectivity index (χ3v) is 4.83. The van der Waals surface area contributed by atoms with Gasteiger partial charge in [-0.25, -0.2) is 0 Å². The molecular weight excluding hydrogens is 240 g/mol. The highest BCUT2D eigenvalue weighted by Crippen LogP contribution is 2.48. The van der Waals surface area contributed by atoms with Crippen LogP contribution in [0.5, 0.6) is 0 Å². The molecule has 3 rings (SSSR count). The van der Waals surface area contributed by atoms with Crippen LogP contribution in [0.4, 0.5) is 0 Å². The van der Waals surface area contributed by atoms with E-state index in [1.165, 1.54) is 5.57 Å². The van der Waals surface area contributed by atoms with Crippen LogP contribution >= 0.6 is 0 Å². The summed E-state index contributed by atoms with van der Waals surface area (Å²) in [6, 6.07) is 3.77. The molecule has 0 radical (unpaired) electrons. The molecule has 0 amide bonds. The molecule has 1 spiro atoms. The van der Waals surface area contributed by atoms with Crippen LogP contribution in [0.15, 0.2) is 34.5 Å². The molecule has 104 valence electrons. The van der Waals surface area contributed by atoms with E-state index in [4.69, 9.17) is 13.9 Å². The fraction of sp³-hybridized carbons (Fsp3) is 0.625. The fourth-order valence-electron chi connectivity index (χ4n) is 3.48. The molecule has 3 nitrogen and oxygen atoms in total. The maximum Gasteiger partial charge on any atom is 0.217 e. The molecule has 0 N–H and O–H groups in total. The van der Waals surface area contributed by atoms with Crippen LogP contribution in [0.25, 0.3) is 0 Å². The molecule has 0 unspecified atom stereocenters. The zero-order valence-corrected chi connectivity index (χ0v) is 11.9. The normalized spacial score (nSPS) is 39.3. The topological polar surface area (TPSA) is 31.6 Å². The second-order valence-corrected chi connectivity index (χ2v) is 6.11. The lowest BCUT2D eigenvalue weighted by molar-refractivity contribution is -0.260. The van der Waals surface area contributed by atoms with Crippen molar-refractivity contribution in [2.45, 2.75) is 33.5 Å². The molecule has 1 aromatic heterocycles. The summed E-state index contributed by atoms with van der Waals surface area (Å²) in [6.45, 7) is 8.29. The number of hydrogen-bond donors (Lipinski definition) is 0. The van der Waals surface area contributed by atoms with Crippen LogP contribution in [0.3, 0.4) is 0 Å². The van der Waals surface area contributed by atoms with Gasteiger partial charge in [0.2, 0.25) is 6.29 Å². The van der Waals surface area contributed by atoms with Crippen LogP contribution in [0, 0.1) is 17.3 Å². The van der Waals surface area contributed by atoms with Gasteiger partial charge in [-0.15, -0.1) is 0 Å². The van der Waals surface area contributed by atoms with Crippen molar-refractivity contribution in [2.24, 2.45) is 17.3 Å². The third-order valence-electron chi connectivity index (χ3n) is 4.83. The van der Waals surface area contributed by atoms with Gasteiger partial charge in [-0.05, 0) is 37.3 Å². The van der Waals surface area contributed by atoms with Gasteiger partial charge >= 0.3 is 0 Å². The summed E-state index contributed by atoms with van der Waals surface area (Å²) in [7, 11) is 0. The summed E-state index contributed by atoms with van der Waals surface area (Å²) in [5.41, 5.74) is 1.60. The second-order valence-electron chi connectivity index (χ2n) is 6.11. The maximum atomic E-state index is 5.95. The van der Waals surface area contributed by atoms with E-state index < -0.39 is 0 Å². The summed E-state index contributed by atoms with van der Waals surface area (Å²) in [6.07, 6.45) is 4.83. The fourth-order valence-corrected chi connectivity index (χ4v) is 3.48. The lowest BCUT2D eigenvalue weighted by Gasteiger charge is -2.49. The molecule has 2 aliphatic rings. The quantitative estimate of drug-likeness (QED) is 0.718. The molecule has 3 heteroatoms. The Morgan fingerprint density at radius 1 is 1.21 bits per heavy atom. The second kappa shape index (κ2) is 4.80. The lowest BCUT2D eigenvalue weighted by Crippen LogP contribution is -2.49. The highest BCUT2D eigenvalue weighted by atomic mass is 16.7. The van der Waals surface area contributed by atoms with Gasteiger partial charge in [-0.1, -0.05) is 25.5 Å². The Hall–Kier alpha value is -1.06. The molecule has 0 aromatic carbocycles. The van der Waals surface area contributed by atoms with Crippen molar-refractivity contribution >= 4 is 0 Å². The minimum atomic E-state index is -0.341. The zero-order chi connectivity index (χ0) is 13.5. The Balaban J connectivity index is 1.75. The minimum absolute atomic E-state index is 0.114. The van der Waals surface area contributed by atoms with Crippen LogP contribution in [0.1, 0.15) is 39.2 Å². The van der Waals surface area contributed by atoms with E-state index in [9.17, 15) is 0 Å². The first-order valence-corrected chi connectivity index (χ1v) is 7.06. The monoisotopic (exact) mass is 262 g/mol. The zero-order valence-electron chi connectivity index (χ0n) is 11.9. The minimum Gasteiger partial charge on any atom is -0.464 e. The molecule has 2 heterocycles. The van der Waals surface area contributed by atoms with Crippen LogP contribution in [-0.2, 0) is 9.47 Å². The Bertz CT molecular complexity index is 452. The van der Waals surface area contributed by atoms with Crippen molar-refractivity contribution in [1.29, 1.82) is 0 Å². The van der Waals surface area contributed by atoms with Gasteiger partial charge in [0, 0.05) is 5.41 Å². The Morgan fingerprint density at radius 2 is 1.95 bits per heavy atom. The summed E-state index contributed by atoms with van der Waals surface area (Å²) in [5.74, 6) is 1.84. The van der Waals surface area contributed by atoms with E-state index in [0.29, 0.717) is 11.8 Å². The third kappa shape index (κ3) is 2.15. The SMILES string of the molecule is CC1=C[C@@H](C)C2(COC(c3ccco3)OC2)[C@@H](C)C1. The Kier molecular flexibility index (Phi) is 3.27. The summed E-state index contributed by atoms with van der Waals surface area (Å²) in [4.78, 5) is 0. The predicted molar refractivity (Wildman–Crippen MR) is 72.5 cm³/mol. The van der Waals surface area contributed by atoms with Crippen molar-refractivity contribution in [3.05, 3.63) is 35.8 Å². The molecule has 19 heavy (non-hydrogen) atoms. The van der Waals surface area contributed by atoms with E-state index >= 15 is 0 Å². The molecule has 0 saturated carbocycles. The average molecular weight is 262 g/mol. The highest BCUT2D eigenvalue weighted by Gasteiger charge is 2.47. The first-order chi connectivity index (χ1) is 9.12. The average Bonchev–Trinajstić information content (AvgIpc) is 2.90. The first-order valence-electron chi connectivity index (χ1n) is 7.06. The number of furan rings is 1. The van der Waals surface area contributed by atoms with E-state index in [-0.39, 0.29) is 11.7 Å². The molecule has 1 aliphatic heterocycles. The van der Waals surface area contributed by atoms with E-state index in [0.717, 1.165) is 25.4 Å². The van der Waals surface area contributed by atoms with Crippen LogP contribution < -0.4 is 0 Å². The van der Waals surface area contributed by atoms with Gasteiger partial charge in [0.05, 0.1) is 19.5 Å². The molecule has 1 fully saturated rings. The number of hydrogen-bond acceptors (Lipinski definition) is 3. The largest absolute Gasteiger partial charge is 0.464 e. The Labute approximate surface area is 114 Å². The maximum absolute atomic E-state index is 5.95. The molecule has 1 saturated heterocycles. The number of rotatable bonds is 1. The van der Waals surface area contributed by atoms with E-state index in [2.05, 4.69) is 26.8 Å². The number of ether oxygens (including phenoxy) is 2. The summed E-state index contributed by atoms with van der Waals surface area (Å²) >= 11 is 0. The summed E-state index contributed by atoms with van der Waals surface area (Å²) < 4.78 is 17.3. The first kappa shape index (κ1) is 12.9. The van der Waals surface area contributed by atoms with E-state index in [1.807, 2.05) is 12.1 Å². The van der Waals surface area contributed by atoms with Gasteiger partial charge in [0.25, 0.3) is 0 Å². The molecule has 1 aromatic rings. The molecule has 2 atom stereocenters. The number of allylic oxidation sites excluding steroid dienone is 2. The van der Waals surface area contributed by atoms with Crippen LogP contribution in [0.2, 0.25) is 0 Å². The summed E-state index contributed by atoms with van der Waals surface area (Å²) in [5, 5.41) is 0. The van der Waals surface area contributed by atoms with Crippen molar-refractivity contribution in [2.75, 3.05) is 13.2 Å². The van der Waals surface area contributed by atoms with Gasteiger partial charge < -0.3 is 13.9 Å². The highest BCUT2D eigenvalue weighted by molar-refractivity contribution is 5.14. The molecule has 1 aliphatic carbocycles. The van der Waals surface area contributed by atoms with Crippen LogP contribution in [-0.4, -0.2) is 13.2 Å². The van der Waals surface area contributed by atoms with Gasteiger partial charge in [0.1, 0.15) is 0 Å². The molecular formula is C16H22O3. The van der Waals surface area contributed by atoms with E-state index in [1.54, 1.807) is 6.26 Å². The van der Waals surface area contributed by atoms with Crippen molar-refractivity contribution < 1.29 is 13.9 Å². The van der Waals surface area contributed by atoms with Gasteiger partial charge in [-0.2, -0.15) is 0 Å². The Morgan fingerprint density at radius 3 is 2.53 bits per heavy atom. The van der Waals surface area contributed by atoms with Gasteiger partial charge in [0.15, 0.2) is 5.76 Å². The van der Waals surface area contributed by atoms with Crippen molar-refractivity contribution in [3.8, 4) is 0 Å². The van der Waals surface area contributed by atoms with Gasteiger partial charge in [-0.3, -0.25) is 0 Å². The standard InChI is InChI=1S/C16H22O3/c1-11-7-12(2)16(13(3)8-11)9-18-15(19-10-16)14-5-4-6-17-14/h4-7,12-13,15H,8-10H2,1-3H3/t12-,13+,15?,16?/m1/s1. The predicted octanol–water partition coefficient (Wildman–Crippen LogP) is 3.93. The van der Waals surface area contributed by atoms with Crippen molar-refractivity contribution in [1.82, 2.24) is 0 Å². The lowest BCUT2D eigenvalue weighted by atomic mass is 9.63. The molecule has 0 bridgehead atoms. The van der Waals surface area contributed by atoms with Crippen molar-refractivity contribution in [3.63, 3.8) is 0 Å². The smallest absolute Gasteiger partial charge is 0.217 e.